The van der Waals surface area contributed by atoms with Crippen LogP contribution in [0.3, 0.4) is 0 Å². The number of nitrogen functional groups attached to an aromatic ring is 1. The molecule has 1 amide bonds. The molecule has 110 valence electrons. The molecule has 0 aliphatic rings. The Kier molecular flexibility index (Phi) is 3.42. The zero-order valence-corrected chi connectivity index (χ0v) is 11.8. The van der Waals surface area contributed by atoms with Crippen LogP contribution in [0.1, 0.15) is 16.2 Å². The topological polar surface area (TPSA) is 80.9 Å². The van der Waals surface area contributed by atoms with Crippen molar-refractivity contribution in [2.75, 3.05) is 11.1 Å². The van der Waals surface area contributed by atoms with Crippen molar-refractivity contribution in [3.05, 3.63) is 59.8 Å². The lowest BCUT2D eigenvalue weighted by Crippen LogP contribution is -2.16. The minimum Gasteiger partial charge on any atom is -0.398 e. The molecule has 0 fully saturated rings. The third-order valence-electron chi connectivity index (χ3n) is 3.25. The Hall–Kier alpha value is -3.02. The molecule has 3 aromatic rings. The van der Waals surface area contributed by atoms with Gasteiger partial charge < -0.3 is 11.1 Å². The van der Waals surface area contributed by atoms with E-state index in [1.54, 1.807) is 12.1 Å². The molecule has 5 nitrogen and oxygen atoms in total. The Morgan fingerprint density at radius 3 is 2.82 bits per heavy atom. The molecule has 1 aromatic carbocycles. The van der Waals surface area contributed by atoms with Crippen LogP contribution >= 0.6 is 0 Å². The maximum atomic E-state index is 13.9. The van der Waals surface area contributed by atoms with Crippen LogP contribution < -0.4 is 11.1 Å². The highest BCUT2D eigenvalue weighted by atomic mass is 19.1. The van der Waals surface area contributed by atoms with Crippen LogP contribution in [0.15, 0.2) is 42.6 Å². The quantitative estimate of drug-likeness (QED) is 0.712. The van der Waals surface area contributed by atoms with E-state index in [4.69, 9.17) is 5.73 Å². The van der Waals surface area contributed by atoms with Gasteiger partial charge in [0.15, 0.2) is 0 Å². The third-order valence-corrected chi connectivity index (χ3v) is 3.25. The zero-order chi connectivity index (χ0) is 15.7. The number of pyridine rings is 2. The summed E-state index contributed by atoms with van der Waals surface area (Å²) in [5.41, 5.74) is 7.02. The van der Waals surface area contributed by atoms with Crippen molar-refractivity contribution in [3.63, 3.8) is 0 Å². The molecular formula is C16H13FN4O. The van der Waals surface area contributed by atoms with E-state index in [-0.39, 0.29) is 11.1 Å². The van der Waals surface area contributed by atoms with Crippen LogP contribution in [0.4, 0.5) is 15.9 Å². The second kappa shape index (κ2) is 5.40. The number of nitrogens with zero attached hydrogens (tertiary/aromatic N) is 2. The van der Waals surface area contributed by atoms with Crippen molar-refractivity contribution in [2.45, 2.75) is 6.92 Å². The number of carbonyl (C=O) groups is 1. The van der Waals surface area contributed by atoms with Crippen LogP contribution in [-0.2, 0) is 0 Å². The Morgan fingerprint density at radius 2 is 2.05 bits per heavy atom. The van der Waals surface area contributed by atoms with E-state index >= 15 is 0 Å². The highest BCUT2D eigenvalue weighted by molar-refractivity contribution is 6.14. The Bertz CT molecular complexity index is 879. The van der Waals surface area contributed by atoms with E-state index < -0.39 is 11.7 Å². The van der Waals surface area contributed by atoms with Gasteiger partial charge in [0.1, 0.15) is 17.3 Å². The van der Waals surface area contributed by atoms with Gasteiger partial charge in [-0.15, -0.1) is 0 Å². The van der Waals surface area contributed by atoms with Crippen molar-refractivity contribution in [1.29, 1.82) is 0 Å². The minimum absolute atomic E-state index is 0.0674. The fraction of sp³-hybridized carbons (Fsp3) is 0.0625. The molecule has 3 N–H and O–H groups in total. The fourth-order valence-electron chi connectivity index (χ4n) is 2.25. The van der Waals surface area contributed by atoms with Crippen LogP contribution in [0.5, 0.6) is 0 Å². The van der Waals surface area contributed by atoms with Gasteiger partial charge in [0.25, 0.3) is 5.91 Å². The van der Waals surface area contributed by atoms with E-state index in [0.717, 1.165) is 5.69 Å². The molecule has 0 unspecified atom stereocenters. The summed E-state index contributed by atoms with van der Waals surface area (Å²) in [6.07, 6.45) is 1.38. The first-order valence-electron chi connectivity index (χ1n) is 6.64. The second-order valence-electron chi connectivity index (χ2n) is 4.84. The summed E-state index contributed by atoms with van der Waals surface area (Å²) in [4.78, 5) is 20.6. The second-order valence-corrected chi connectivity index (χ2v) is 4.84. The number of carbonyl (C=O) groups excluding carboxylic acids is 1. The lowest BCUT2D eigenvalue weighted by molar-refractivity contribution is 0.102. The molecule has 22 heavy (non-hydrogen) atoms. The molecule has 0 radical (unpaired) electrons. The molecular weight excluding hydrogens is 283 g/mol. The predicted molar refractivity (Wildman–Crippen MR) is 83.0 cm³/mol. The van der Waals surface area contributed by atoms with Gasteiger partial charge in [-0.1, -0.05) is 6.07 Å². The van der Waals surface area contributed by atoms with Crippen molar-refractivity contribution >= 4 is 28.2 Å². The van der Waals surface area contributed by atoms with Gasteiger partial charge in [0.05, 0.1) is 0 Å². The molecule has 0 saturated carbocycles. The number of halogens is 1. The molecule has 2 aromatic heterocycles. The molecule has 2 heterocycles. The van der Waals surface area contributed by atoms with Gasteiger partial charge >= 0.3 is 0 Å². The molecule has 0 saturated heterocycles. The number of nitrogens with one attached hydrogen (secondary N) is 1. The van der Waals surface area contributed by atoms with Crippen molar-refractivity contribution in [2.24, 2.45) is 0 Å². The monoisotopic (exact) mass is 296 g/mol. The molecule has 3 rings (SSSR count). The third kappa shape index (κ3) is 2.46. The zero-order valence-electron chi connectivity index (χ0n) is 11.8. The van der Waals surface area contributed by atoms with E-state index in [9.17, 15) is 9.18 Å². The first-order valence-corrected chi connectivity index (χ1v) is 6.64. The lowest BCUT2D eigenvalue weighted by Gasteiger charge is -2.09. The Balaban J connectivity index is 2.06. The minimum atomic E-state index is -0.485. The van der Waals surface area contributed by atoms with Gasteiger partial charge in [0, 0.05) is 28.4 Å². The number of hydrogen-bond donors (Lipinski definition) is 2. The highest BCUT2D eigenvalue weighted by Gasteiger charge is 2.16. The molecule has 0 atom stereocenters. The molecule has 6 heteroatoms. The van der Waals surface area contributed by atoms with Crippen LogP contribution in [-0.4, -0.2) is 15.9 Å². The molecule has 0 spiro atoms. The summed E-state index contributed by atoms with van der Waals surface area (Å²) in [7, 11) is 0. The number of hydrogen-bond acceptors (Lipinski definition) is 4. The number of fused-ring (bicyclic) bond motifs is 1. The predicted octanol–water partition coefficient (Wildman–Crippen LogP) is 2.91. The lowest BCUT2D eigenvalue weighted by atomic mass is 10.1. The van der Waals surface area contributed by atoms with Crippen LogP contribution in [0.2, 0.25) is 0 Å². The van der Waals surface area contributed by atoms with Crippen molar-refractivity contribution in [1.82, 2.24) is 9.97 Å². The summed E-state index contributed by atoms with van der Waals surface area (Å²) in [5.74, 6) is -0.533. The maximum Gasteiger partial charge on any atom is 0.276 e. The largest absolute Gasteiger partial charge is 0.398 e. The van der Waals surface area contributed by atoms with Gasteiger partial charge in [-0.2, -0.15) is 0 Å². The Labute approximate surface area is 126 Å². The van der Waals surface area contributed by atoms with Crippen molar-refractivity contribution in [3.8, 4) is 0 Å². The highest BCUT2D eigenvalue weighted by Crippen LogP contribution is 2.26. The number of benzene rings is 1. The number of aryl methyl sites for hydroxylation is 1. The summed E-state index contributed by atoms with van der Waals surface area (Å²) in [6, 6.07) is 9.44. The Morgan fingerprint density at radius 1 is 1.23 bits per heavy atom. The summed E-state index contributed by atoms with van der Waals surface area (Å²) in [5, 5.41) is 3.21. The average molecular weight is 296 g/mol. The number of rotatable bonds is 2. The SMILES string of the molecule is Cc1cccc(NC(=O)c2nccc3c(F)ccc(N)c23)n1. The molecule has 0 bridgehead atoms. The van der Waals surface area contributed by atoms with Crippen LogP contribution in [0.25, 0.3) is 10.8 Å². The first-order chi connectivity index (χ1) is 10.6. The summed E-state index contributed by atoms with van der Waals surface area (Å²) < 4.78 is 13.9. The molecule has 0 aliphatic heterocycles. The fourth-order valence-corrected chi connectivity index (χ4v) is 2.25. The normalized spacial score (nSPS) is 10.6. The van der Waals surface area contributed by atoms with Gasteiger partial charge in [-0.25, -0.2) is 9.37 Å². The maximum absolute atomic E-state index is 13.9. The van der Waals surface area contributed by atoms with Crippen molar-refractivity contribution < 1.29 is 9.18 Å². The van der Waals surface area contributed by atoms with Gasteiger partial charge in [-0.3, -0.25) is 9.78 Å². The van der Waals surface area contributed by atoms with Gasteiger partial charge in [-0.05, 0) is 37.3 Å². The van der Waals surface area contributed by atoms with Crippen LogP contribution in [0, 0.1) is 12.7 Å². The number of aromatic nitrogens is 2. The standard InChI is InChI=1S/C16H13FN4O/c1-9-3-2-4-13(20-9)21-16(22)15-14-10(7-8-19-15)11(17)5-6-12(14)18/h2-8H,18H2,1H3,(H,20,21,22). The number of amides is 1. The van der Waals surface area contributed by atoms with E-state index in [0.29, 0.717) is 16.9 Å². The smallest absolute Gasteiger partial charge is 0.276 e. The van der Waals surface area contributed by atoms with Gasteiger partial charge in [0.2, 0.25) is 0 Å². The summed E-state index contributed by atoms with van der Waals surface area (Å²) >= 11 is 0. The average Bonchev–Trinajstić information content (AvgIpc) is 2.50. The van der Waals surface area contributed by atoms with E-state index in [1.165, 1.54) is 24.4 Å². The summed E-state index contributed by atoms with van der Waals surface area (Å²) in [6.45, 7) is 1.82. The first kappa shape index (κ1) is 13.9. The van der Waals surface area contributed by atoms with E-state index in [2.05, 4.69) is 15.3 Å². The number of anilines is 2. The number of nitrogens with two attached hydrogens (primary N) is 1. The van der Waals surface area contributed by atoms with E-state index in [1.807, 2.05) is 13.0 Å². The molecule has 0 aliphatic carbocycles.